The van der Waals surface area contributed by atoms with Gasteiger partial charge in [-0.05, 0) is 31.8 Å². The van der Waals surface area contributed by atoms with Gasteiger partial charge in [-0.3, -0.25) is 14.2 Å². The highest BCUT2D eigenvalue weighted by Crippen LogP contribution is 2.38. The Morgan fingerprint density at radius 3 is 0.921 bits per heavy atom. The first-order valence-corrected chi connectivity index (χ1v) is 41.5. The van der Waals surface area contributed by atoms with E-state index >= 15 is 0 Å². The molecular weight excluding hydrogens is 1120 g/mol. The van der Waals surface area contributed by atoms with Crippen LogP contribution in [0.5, 0.6) is 0 Å². The fourth-order valence-corrected chi connectivity index (χ4v) is 13.3. The zero-order valence-corrected chi connectivity index (χ0v) is 61.8. The summed E-state index contributed by atoms with van der Waals surface area (Å²) in [4.78, 5) is 40.3. The number of hydrogen-bond acceptors (Lipinski definition) is 7. The Hall–Kier alpha value is -1.25. The van der Waals surface area contributed by atoms with Crippen molar-refractivity contribution in [1.82, 2.24) is 5.32 Å². The maximum atomic E-state index is 13.6. The predicted molar refractivity (Wildman–Crippen MR) is 386 cm³/mol. The summed E-state index contributed by atoms with van der Waals surface area (Å²) in [5.74, 6) is -0.510. The molecule has 10 heteroatoms. The van der Waals surface area contributed by atoms with Crippen molar-refractivity contribution in [3.05, 3.63) is 12.2 Å². The molecule has 0 rings (SSSR count). The number of quaternary nitrogens is 1. The topological polar surface area (TPSA) is 114 Å². The molecule has 0 aliphatic carbocycles. The highest BCUT2D eigenvalue weighted by Gasteiger charge is 2.27. The first-order valence-electron chi connectivity index (χ1n) is 40.0. The monoisotopic (exact) mass is 1280 g/mol. The Kier molecular flexibility index (Phi) is 68.6. The molecule has 0 aromatic rings. The molecule has 0 saturated heterocycles. The number of nitrogens with zero attached hydrogens (tertiary/aromatic N) is 1. The summed E-state index contributed by atoms with van der Waals surface area (Å²) in [5, 5.41) is 3.06. The van der Waals surface area contributed by atoms with Gasteiger partial charge in [0.2, 0.25) is 5.91 Å². The smallest absolute Gasteiger partial charge is 0.306 e. The van der Waals surface area contributed by atoms with Gasteiger partial charge in [0.1, 0.15) is 19.3 Å². The third kappa shape index (κ3) is 70.9. The van der Waals surface area contributed by atoms with Gasteiger partial charge in [-0.2, -0.15) is 0 Å². The molecule has 89 heavy (non-hydrogen) atoms. The zero-order chi connectivity index (χ0) is 64.9. The third-order valence-corrected chi connectivity index (χ3v) is 19.7. The summed E-state index contributed by atoms with van der Waals surface area (Å²) in [6.07, 6.45) is 85.2. The number of ether oxygens (including phenoxy) is 1. The number of carbonyl (C=O) groups is 2. The molecule has 0 bridgehead atoms. The summed E-state index contributed by atoms with van der Waals surface area (Å²) >= 11 is 0. The third-order valence-electron chi connectivity index (χ3n) is 18.7. The second-order valence-electron chi connectivity index (χ2n) is 28.9. The molecule has 0 aromatic heterocycles. The number of unbranched alkanes of at least 4 members (excludes halogenated alkanes) is 59. The first kappa shape index (κ1) is 87.8. The predicted octanol–water partition coefficient (Wildman–Crippen LogP) is 25.2. The number of rotatable bonds is 75. The Morgan fingerprint density at radius 2 is 0.640 bits per heavy atom. The number of phosphoric acid groups is 1. The average molecular weight is 1280 g/mol. The van der Waals surface area contributed by atoms with Crippen molar-refractivity contribution in [2.45, 2.75) is 444 Å². The molecule has 0 fully saturated rings. The van der Waals surface area contributed by atoms with E-state index in [0.29, 0.717) is 17.4 Å². The number of likely N-dealkylation sites (N-methyl/N-ethyl adjacent to an activating group) is 1. The van der Waals surface area contributed by atoms with Crippen molar-refractivity contribution >= 4 is 19.7 Å². The molecular formula is C79H157N2O7P. The van der Waals surface area contributed by atoms with E-state index in [1.807, 2.05) is 33.3 Å². The molecule has 0 radical (unpaired) electrons. The minimum atomic E-state index is -4.70. The van der Waals surface area contributed by atoms with E-state index in [1.165, 1.54) is 340 Å². The molecule has 1 N–H and O–H groups in total. The molecule has 0 aromatic carbocycles. The van der Waals surface area contributed by atoms with Crippen LogP contribution in [-0.4, -0.2) is 69.4 Å². The molecule has 0 heterocycles. The number of esters is 1. The van der Waals surface area contributed by atoms with Gasteiger partial charge in [0, 0.05) is 12.8 Å². The summed E-state index contributed by atoms with van der Waals surface area (Å²) in [6.45, 7) is 6.94. The van der Waals surface area contributed by atoms with Crippen LogP contribution >= 0.6 is 7.82 Å². The Balaban J connectivity index is 4.82. The van der Waals surface area contributed by atoms with Crippen molar-refractivity contribution in [1.29, 1.82) is 0 Å². The maximum Gasteiger partial charge on any atom is 0.306 e. The molecule has 0 aliphatic rings. The molecule has 3 atom stereocenters. The van der Waals surface area contributed by atoms with E-state index in [-0.39, 0.29) is 31.5 Å². The van der Waals surface area contributed by atoms with E-state index in [2.05, 4.69) is 26.1 Å². The van der Waals surface area contributed by atoms with Crippen molar-refractivity contribution in [2.75, 3.05) is 40.9 Å². The van der Waals surface area contributed by atoms with Crippen LogP contribution in [0.25, 0.3) is 0 Å². The lowest BCUT2D eigenvalue weighted by Crippen LogP contribution is -2.47. The normalized spacial score (nSPS) is 13.4. The van der Waals surface area contributed by atoms with Crippen LogP contribution in [-0.2, 0) is 27.9 Å². The SMILES string of the molecule is CCCCCCCCCCC/C=C/C(OC(=O)CCCCCCCCCCCCCCCCCCCCCCCCCCCCC)C(COP(=O)([O-])OCC[N+](C)(C)C)NC(=O)CCCCCCCCCCCCCCCCCCCCCCCCCCC. The standard InChI is InChI=1S/C79H157N2O7P/c1-7-10-13-16-19-22-25-27-29-31-33-35-37-39-40-42-44-46-48-50-52-54-57-60-63-66-69-72-79(83)88-77(70-67-64-61-58-55-24-21-18-15-12-9-3)76(75-87-89(84,85)86-74-73-81(4,5)6)80-78(82)71-68-65-62-59-56-53-51-49-47-45-43-41-38-36-34-32-30-28-26-23-20-17-14-11-8-2/h67,70,76-77H,7-66,68-69,71-75H2,1-6H3,(H-,80,82,84,85)/b70-67+. The van der Waals surface area contributed by atoms with Crippen molar-refractivity contribution in [3.63, 3.8) is 0 Å². The number of phosphoric ester groups is 1. The minimum absolute atomic E-state index is 0.0163. The number of nitrogens with one attached hydrogen (secondary N) is 1. The lowest BCUT2D eigenvalue weighted by atomic mass is 10.0. The van der Waals surface area contributed by atoms with Crippen LogP contribution in [0.1, 0.15) is 432 Å². The highest BCUT2D eigenvalue weighted by atomic mass is 31.2. The van der Waals surface area contributed by atoms with Crippen LogP contribution in [0.15, 0.2) is 12.2 Å². The molecule has 1 amide bonds. The number of carbonyl (C=O) groups excluding carboxylic acids is 2. The van der Waals surface area contributed by atoms with Gasteiger partial charge >= 0.3 is 5.97 Å². The Labute approximate surface area is 556 Å². The fraction of sp³-hybridized carbons (Fsp3) is 0.949. The minimum Gasteiger partial charge on any atom is -0.756 e. The number of allylic oxidation sites excluding steroid dienone is 1. The van der Waals surface area contributed by atoms with Crippen molar-refractivity contribution in [2.24, 2.45) is 0 Å². The van der Waals surface area contributed by atoms with Gasteiger partial charge in [-0.1, -0.05) is 399 Å². The van der Waals surface area contributed by atoms with E-state index in [0.717, 1.165) is 57.8 Å². The van der Waals surface area contributed by atoms with Gasteiger partial charge in [0.05, 0.1) is 33.8 Å². The highest BCUT2D eigenvalue weighted by molar-refractivity contribution is 7.45. The molecule has 3 unspecified atom stereocenters. The van der Waals surface area contributed by atoms with Crippen LogP contribution in [0, 0.1) is 0 Å². The second kappa shape index (κ2) is 69.6. The van der Waals surface area contributed by atoms with Crippen molar-refractivity contribution in [3.8, 4) is 0 Å². The lowest BCUT2D eigenvalue weighted by molar-refractivity contribution is -0.870. The quantitative estimate of drug-likeness (QED) is 0.0212. The van der Waals surface area contributed by atoms with E-state index < -0.39 is 20.0 Å². The van der Waals surface area contributed by atoms with Crippen LogP contribution in [0.3, 0.4) is 0 Å². The number of hydrogen-bond donors (Lipinski definition) is 1. The largest absolute Gasteiger partial charge is 0.756 e. The van der Waals surface area contributed by atoms with E-state index in [4.69, 9.17) is 13.8 Å². The number of amides is 1. The van der Waals surface area contributed by atoms with Crippen LogP contribution in [0.2, 0.25) is 0 Å². The summed E-state index contributed by atoms with van der Waals surface area (Å²) in [6, 6.07) is -0.881. The molecule has 9 nitrogen and oxygen atoms in total. The second-order valence-corrected chi connectivity index (χ2v) is 30.4. The van der Waals surface area contributed by atoms with Gasteiger partial charge in [-0.25, -0.2) is 0 Å². The van der Waals surface area contributed by atoms with E-state index in [9.17, 15) is 19.0 Å². The van der Waals surface area contributed by atoms with Gasteiger partial charge in [-0.15, -0.1) is 0 Å². The molecule has 530 valence electrons. The summed E-state index contributed by atoms with van der Waals surface area (Å²) in [5.41, 5.74) is 0. The zero-order valence-electron chi connectivity index (χ0n) is 60.9. The average Bonchev–Trinajstić information content (AvgIpc) is 3.71. The summed E-state index contributed by atoms with van der Waals surface area (Å²) < 4.78 is 30.5. The Bertz CT molecular complexity index is 1520. The van der Waals surface area contributed by atoms with Crippen molar-refractivity contribution < 1.29 is 37.3 Å². The molecule has 0 aliphatic heterocycles. The first-order chi connectivity index (χ1) is 43.4. The Morgan fingerprint density at radius 1 is 0.382 bits per heavy atom. The maximum absolute atomic E-state index is 13.6. The molecule has 0 spiro atoms. The van der Waals surface area contributed by atoms with Crippen LogP contribution in [0.4, 0.5) is 0 Å². The summed E-state index contributed by atoms with van der Waals surface area (Å²) in [7, 11) is 1.22. The molecule has 0 saturated carbocycles. The van der Waals surface area contributed by atoms with Gasteiger partial charge in [0.15, 0.2) is 0 Å². The van der Waals surface area contributed by atoms with E-state index in [1.54, 1.807) is 0 Å². The lowest BCUT2D eigenvalue weighted by Gasteiger charge is -2.30. The van der Waals surface area contributed by atoms with Crippen LogP contribution < -0.4 is 10.2 Å². The van der Waals surface area contributed by atoms with Gasteiger partial charge in [0.25, 0.3) is 7.82 Å². The fourth-order valence-electron chi connectivity index (χ4n) is 12.6. The van der Waals surface area contributed by atoms with Gasteiger partial charge < -0.3 is 28.5 Å².